The van der Waals surface area contributed by atoms with Gasteiger partial charge in [0.1, 0.15) is 11.4 Å². The minimum absolute atomic E-state index is 0.181. The monoisotopic (exact) mass is 698 g/mol. The summed E-state index contributed by atoms with van der Waals surface area (Å²) in [6.07, 6.45) is 18.1. The molecule has 2 aromatic heterocycles. The van der Waals surface area contributed by atoms with Crippen LogP contribution in [0.3, 0.4) is 0 Å². The molecule has 4 aromatic rings. The number of amides is 1. The fourth-order valence-corrected chi connectivity index (χ4v) is 6.40. The number of para-hydroxylation sites is 2. The van der Waals surface area contributed by atoms with Crippen molar-refractivity contribution >= 4 is 23.2 Å². The first-order chi connectivity index (χ1) is 24.5. The van der Waals surface area contributed by atoms with Crippen LogP contribution in [0, 0.1) is 6.92 Å². The third-order valence-electron chi connectivity index (χ3n) is 9.25. The van der Waals surface area contributed by atoms with Gasteiger partial charge in [-0.2, -0.15) is 0 Å². The Balaban J connectivity index is 1.39. The summed E-state index contributed by atoms with van der Waals surface area (Å²) in [7, 11) is 0. The minimum Gasteiger partial charge on any atom is -0.491 e. The van der Waals surface area contributed by atoms with E-state index in [9.17, 15) is 9.59 Å². The van der Waals surface area contributed by atoms with Crippen LogP contribution in [0.15, 0.2) is 48.5 Å². The summed E-state index contributed by atoms with van der Waals surface area (Å²) in [6, 6.07) is 15.0. The Morgan fingerprint density at radius 2 is 1.45 bits per heavy atom. The number of aromatic amines is 1. The van der Waals surface area contributed by atoms with Crippen LogP contribution in [0.1, 0.15) is 164 Å². The third kappa shape index (κ3) is 12.0. The number of hydrogen-bond acceptors (Lipinski definition) is 5. The lowest BCUT2D eigenvalue weighted by atomic mass is 9.93. The zero-order valence-electron chi connectivity index (χ0n) is 32.3. The molecule has 0 saturated heterocycles. The standard InChI is InChI=1S/C43H62N4O4/c1-8-9-10-11-12-13-14-15-16-17-18-19-20-23-26-50-36-25-22-21-24-35(36)44-41(48)40-39(45-38-30-37(43(5,6)7)46-47(38)40)33-27-32(4)28-34(29-33)42(49)51-31(2)3/h21-22,24-25,27-31,46H,8-20,23,26H2,1-7H3,(H,44,48). The van der Waals surface area contributed by atoms with Gasteiger partial charge in [-0.3, -0.25) is 9.89 Å². The van der Waals surface area contributed by atoms with Crippen molar-refractivity contribution in [1.82, 2.24) is 14.6 Å². The summed E-state index contributed by atoms with van der Waals surface area (Å²) >= 11 is 0. The van der Waals surface area contributed by atoms with Crippen molar-refractivity contribution in [2.24, 2.45) is 0 Å². The number of aromatic nitrogens is 3. The van der Waals surface area contributed by atoms with Gasteiger partial charge in [-0.1, -0.05) is 123 Å². The lowest BCUT2D eigenvalue weighted by Gasteiger charge is -2.16. The van der Waals surface area contributed by atoms with Gasteiger partial charge in [0.05, 0.1) is 24.0 Å². The van der Waals surface area contributed by atoms with Crippen LogP contribution >= 0.6 is 0 Å². The van der Waals surface area contributed by atoms with E-state index >= 15 is 0 Å². The molecular weight excluding hydrogens is 636 g/mol. The predicted molar refractivity (Wildman–Crippen MR) is 209 cm³/mol. The molecule has 8 nitrogen and oxygen atoms in total. The molecular formula is C43H62N4O4. The van der Waals surface area contributed by atoms with Crippen molar-refractivity contribution in [1.29, 1.82) is 0 Å². The smallest absolute Gasteiger partial charge is 0.338 e. The second kappa shape index (κ2) is 19.5. The molecule has 51 heavy (non-hydrogen) atoms. The fraction of sp³-hybridized carbons (Fsp3) is 0.558. The number of ether oxygens (including phenoxy) is 2. The number of hydrogen-bond donors (Lipinski definition) is 2. The molecule has 0 aliphatic heterocycles. The topological polar surface area (TPSA) is 97.7 Å². The van der Waals surface area contributed by atoms with Crippen molar-refractivity contribution < 1.29 is 19.1 Å². The summed E-state index contributed by atoms with van der Waals surface area (Å²) in [6.45, 7) is 14.8. The molecule has 0 aliphatic rings. The Morgan fingerprint density at radius 1 is 0.843 bits per heavy atom. The number of imidazole rings is 1. The summed E-state index contributed by atoms with van der Waals surface area (Å²) < 4.78 is 13.4. The Hall–Kier alpha value is -4.07. The van der Waals surface area contributed by atoms with Gasteiger partial charge in [0, 0.05) is 22.7 Å². The van der Waals surface area contributed by atoms with E-state index in [4.69, 9.17) is 14.5 Å². The number of unbranched alkanes of at least 4 members (excludes halogenated alkanes) is 13. The number of benzene rings is 2. The molecule has 0 fully saturated rings. The molecule has 0 aliphatic carbocycles. The van der Waals surface area contributed by atoms with Gasteiger partial charge >= 0.3 is 5.97 Å². The normalized spacial score (nSPS) is 11.8. The number of H-pyrrole nitrogens is 1. The van der Waals surface area contributed by atoms with Crippen LogP contribution in [0.4, 0.5) is 5.69 Å². The highest BCUT2D eigenvalue weighted by molar-refractivity contribution is 6.08. The average molecular weight is 699 g/mol. The zero-order valence-corrected chi connectivity index (χ0v) is 32.3. The second-order valence-electron chi connectivity index (χ2n) is 15.4. The first kappa shape index (κ1) is 39.7. The predicted octanol–water partition coefficient (Wildman–Crippen LogP) is 11.6. The van der Waals surface area contributed by atoms with Gasteiger partial charge in [0.15, 0.2) is 11.3 Å². The van der Waals surface area contributed by atoms with Gasteiger partial charge in [-0.25, -0.2) is 14.3 Å². The van der Waals surface area contributed by atoms with Crippen molar-refractivity contribution in [3.63, 3.8) is 0 Å². The molecule has 4 rings (SSSR count). The van der Waals surface area contributed by atoms with Crippen molar-refractivity contribution in [3.8, 4) is 17.0 Å². The summed E-state index contributed by atoms with van der Waals surface area (Å²) in [5.74, 6) is -0.107. The molecule has 278 valence electrons. The summed E-state index contributed by atoms with van der Waals surface area (Å²) in [4.78, 5) is 32.0. The minimum atomic E-state index is -0.411. The first-order valence-electron chi connectivity index (χ1n) is 19.5. The van der Waals surface area contributed by atoms with Crippen molar-refractivity contribution in [2.75, 3.05) is 11.9 Å². The molecule has 0 unspecified atom stereocenters. The van der Waals surface area contributed by atoms with Gasteiger partial charge in [-0.05, 0) is 63.1 Å². The number of rotatable bonds is 21. The van der Waals surface area contributed by atoms with E-state index in [0.717, 1.165) is 24.1 Å². The number of aryl methyl sites for hydroxylation is 1. The van der Waals surface area contributed by atoms with Crippen LogP contribution in [0.5, 0.6) is 5.75 Å². The maximum Gasteiger partial charge on any atom is 0.338 e. The zero-order chi connectivity index (χ0) is 36.8. The first-order valence-corrected chi connectivity index (χ1v) is 19.5. The van der Waals surface area contributed by atoms with E-state index in [1.165, 1.54) is 77.0 Å². The van der Waals surface area contributed by atoms with Crippen LogP contribution in [0.25, 0.3) is 16.9 Å². The number of nitrogens with one attached hydrogen (secondary N) is 2. The maximum absolute atomic E-state index is 14.2. The highest BCUT2D eigenvalue weighted by atomic mass is 16.5. The lowest BCUT2D eigenvalue weighted by Crippen LogP contribution is -2.18. The van der Waals surface area contributed by atoms with Gasteiger partial charge < -0.3 is 14.8 Å². The number of carbonyl (C=O) groups excluding carboxylic acids is 2. The molecule has 0 saturated carbocycles. The van der Waals surface area contributed by atoms with Crippen molar-refractivity contribution in [2.45, 2.75) is 150 Å². The number of esters is 1. The molecule has 0 radical (unpaired) electrons. The van der Waals surface area contributed by atoms with Crippen LogP contribution < -0.4 is 10.1 Å². The molecule has 1 amide bonds. The Bertz CT molecular complexity index is 1690. The molecule has 2 heterocycles. The third-order valence-corrected chi connectivity index (χ3v) is 9.25. The summed E-state index contributed by atoms with van der Waals surface area (Å²) in [5, 5.41) is 6.51. The fourth-order valence-electron chi connectivity index (χ4n) is 6.40. The Labute approximate surface area is 306 Å². The number of anilines is 1. The van der Waals surface area contributed by atoms with Crippen LogP contribution in [0.2, 0.25) is 0 Å². The second-order valence-corrected chi connectivity index (χ2v) is 15.4. The van der Waals surface area contributed by atoms with E-state index in [0.29, 0.717) is 46.2 Å². The molecule has 8 heteroatoms. The van der Waals surface area contributed by atoms with E-state index < -0.39 is 5.97 Å². The number of nitrogens with zero attached hydrogens (tertiary/aromatic N) is 2. The molecule has 2 aromatic carbocycles. The quantitative estimate of drug-likeness (QED) is 0.0667. The van der Waals surface area contributed by atoms with Crippen LogP contribution in [-0.2, 0) is 10.2 Å². The van der Waals surface area contributed by atoms with E-state index in [1.807, 2.05) is 57.2 Å². The van der Waals surface area contributed by atoms with Gasteiger partial charge in [-0.15, -0.1) is 0 Å². The Morgan fingerprint density at radius 3 is 2.06 bits per heavy atom. The molecule has 0 bridgehead atoms. The lowest BCUT2D eigenvalue weighted by molar-refractivity contribution is 0.0377. The van der Waals surface area contributed by atoms with E-state index in [-0.39, 0.29) is 17.4 Å². The number of carbonyl (C=O) groups is 2. The largest absolute Gasteiger partial charge is 0.491 e. The average Bonchev–Trinajstić information content (AvgIpc) is 3.66. The van der Waals surface area contributed by atoms with Gasteiger partial charge in [0.2, 0.25) is 0 Å². The highest BCUT2D eigenvalue weighted by Crippen LogP contribution is 2.32. The summed E-state index contributed by atoms with van der Waals surface area (Å²) in [5.41, 5.74) is 4.75. The Kier molecular flexibility index (Phi) is 15.2. The SMILES string of the molecule is CCCCCCCCCCCCCCCCOc1ccccc1NC(=O)c1c(-c2cc(C)cc(C(=O)OC(C)C)c2)nc2cc(C(C)(C)C)[nH]n12. The van der Waals surface area contributed by atoms with Crippen molar-refractivity contribution in [3.05, 3.63) is 71.0 Å². The van der Waals surface area contributed by atoms with Gasteiger partial charge in [0.25, 0.3) is 5.91 Å². The number of fused-ring (bicyclic) bond motifs is 1. The molecule has 0 spiro atoms. The highest BCUT2D eigenvalue weighted by Gasteiger charge is 2.27. The van der Waals surface area contributed by atoms with Crippen LogP contribution in [-0.4, -0.2) is 39.2 Å². The van der Waals surface area contributed by atoms with E-state index in [1.54, 1.807) is 16.6 Å². The molecule has 2 N–H and O–H groups in total. The maximum atomic E-state index is 14.2. The van der Waals surface area contributed by atoms with E-state index in [2.05, 4.69) is 38.1 Å². The molecule has 0 atom stereocenters.